The second-order valence-electron chi connectivity index (χ2n) is 7.75. The lowest BCUT2D eigenvalue weighted by Gasteiger charge is -2.68. The fourth-order valence-electron chi connectivity index (χ4n) is 4.21. The molecule has 18 heavy (non-hydrogen) atoms. The Balaban J connectivity index is 1.46. The van der Waals surface area contributed by atoms with Gasteiger partial charge < -0.3 is 14.7 Å². The molecule has 1 saturated heterocycles. The van der Waals surface area contributed by atoms with Crippen LogP contribution in [0.5, 0.6) is 0 Å². The van der Waals surface area contributed by atoms with E-state index in [9.17, 15) is 9.90 Å². The van der Waals surface area contributed by atoms with Gasteiger partial charge in [-0.15, -0.1) is 0 Å². The Kier molecular flexibility index (Phi) is 2.32. The lowest BCUT2D eigenvalue weighted by atomic mass is 9.42. The summed E-state index contributed by atoms with van der Waals surface area (Å²) < 4.78 is 5.36. The summed E-state index contributed by atoms with van der Waals surface area (Å²) in [6.07, 6.45) is 4.09. The summed E-state index contributed by atoms with van der Waals surface area (Å²) in [5, 5.41) is 9.39. The van der Waals surface area contributed by atoms with Crippen LogP contribution in [-0.2, 0) is 4.74 Å². The predicted octanol–water partition coefficient (Wildman–Crippen LogP) is 2.16. The summed E-state index contributed by atoms with van der Waals surface area (Å²) in [5.74, 6) is 0. The van der Waals surface area contributed by atoms with Crippen LogP contribution >= 0.6 is 0 Å². The Morgan fingerprint density at radius 1 is 1.22 bits per heavy atom. The molecule has 102 valence electrons. The first kappa shape index (κ1) is 12.3. The van der Waals surface area contributed by atoms with Crippen molar-refractivity contribution in [3.63, 3.8) is 0 Å². The Morgan fingerprint density at radius 3 is 2.22 bits per heavy atom. The molecule has 1 amide bonds. The molecule has 2 aliphatic carbocycles. The monoisotopic (exact) mass is 253 g/mol. The van der Waals surface area contributed by atoms with Crippen molar-refractivity contribution in [2.45, 2.75) is 58.2 Å². The molecule has 2 saturated carbocycles. The molecule has 1 aliphatic heterocycles. The second-order valence-corrected chi connectivity index (χ2v) is 7.75. The topological polar surface area (TPSA) is 49.8 Å². The van der Waals surface area contributed by atoms with E-state index in [0.717, 1.165) is 25.9 Å². The van der Waals surface area contributed by atoms with Crippen LogP contribution < -0.4 is 0 Å². The van der Waals surface area contributed by atoms with Gasteiger partial charge in [-0.05, 0) is 51.9 Å². The maximum Gasteiger partial charge on any atom is 0.410 e. The lowest BCUT2D eigenvalue weighted by molar-refractivity contribution is -0.200. The molecule has 0 aromatic heterocycles. The molecular formula is C14H23NO3. The number of aliphatic hydroxyl groups is 1. The highest BCUT2D eigenvalue weighted by Crippen LogP contribution is 2.67. The number of rotatable bonds is 0. The maximum absolute atomic E-state index is 11.8. The first-order chi connectivity index (χ1) is 8.21. The molecule has 0 radical (unpaired) electrons. The third-order valence-electron chi connectivity index (χ3n) is 4.54. The van der Waals surface area contributed by atoms with E-state index < -0.39 is 5.60 Å². The summed E-state index contributed by atoms with van der Waals surface area (Å²) in [4.78, 5) is 13.6. The molecule has 1 heterocycles. The van der Waals surface area contributed by atoms with E-state index in [1.54, 1.807) is 0 Å². The molecule has 0 bridgehead atoms. The van der Waals surface area contributed by atoms with Crippen molar-refractivity contribution in [2.75, 3.05) is 13.1 Å². The quantitative estimate of drug-likeness (QED) is 0.719. The van der Waals surface area contributed by atoms with Gasteiger partial charge in [0.2, 0.25) is 0 Å². The van der Waals surface area contributed by atoms with Gasteiger partial charge in [-0.25, -0.2) is 4.79 Å². The molecule has 4 nitrogen and oxygen atoms in total. The second kappa shape index (κ2) is 3.41. The number of carbonyl (C=O) groups is 1. The Morgan fingerprint density at radius 2 is 1.78 bits per heavy atom. The van der Waals surface area contributed by atoms with Crippen molar-refractivity contribution in [1.82, 2.24) is 4.90 Å². The number of aliphatic hydroxyl groups excluding tert-OH is 1. The Bertz CT molecular complexity index is 363. The summed E-state index contributed by atoms with van der Waals surface area (Å²) in [5.41, 5.74) is 0.384. The molecule has 0 unspecified atom stereocenters. The highest BCUT2D eigenvalue weighted by Gasteiger charge is 2.64. The van der Waals surface area contributed by atoms with Crippen LogP contribution in [0.2, 0.25) is 0 Å². The number of hydrogen-bond acceptors (Lipinski definition) is 3. The molecular weight excluding hydrogens is 230 g/mol. The smallest absolute Gasteiger partial charge is 0.410 e. The molecule has 0 aromatic rings. The molecule has 4 heteroatoms. The largest absolute Gasteiger partial charge is 0.444 e. The molecule has 1 N–H and O–H groups in total. The SMILES string of the molecule is CC(C)(C)OC(=O)N1CC2(C1)CC1(CC(O)C1)C2. The average Bonchev–Trinajstić information content (AvgIpc) is 2.00. The van der Waals surface area contributed by atoms with Gasteiger partial charge in [0.25, 0.3) is 0 Å². The van der Waals surface area contributed by atoms with Crippen LogP contribution in [0.1, 0.15) is 46.5 Å². The number of hydrogen-bond donors (Lipinski definition) is 1. The average molecular weight is 253 g/mol. The number of ether oxygens (including phenoxy) is 1. The number of carbonyl (C=O) groups excluding carboxylic acids is 1. The van der Waals surface area contributed by atoms with Gasteiger partial charge in [-0.2, -0.15) is 0 Å². The van der Waals surface area contributed by atoms with Crippen molar-refractivity contribution in [3.8, 4) is 0 Å². The highest BCUT2D eigenvalue weighted by atomic mass is 16.6. The van der Waals surface area contributed by atoms with Crippen LogP contribution in [-0.4, -0.2) is 40.9 Å². The van der Waals surface area contributed by atoms with Gasteiger partial charge in [0.1, 0.15) is 5.60 Å². The Labute approximate surface area is 108 Å². The molecule has 2 spiro atoms. The summed E-state index contributed by atoms with van der Waals surface area (Å²) >= 11 is 0. The number of nitrogens with zero attached hydrogens (tertiary/aromatic N) is 1. The highest BCUT2D eigenvalue weighted by molar-refractivity contribution is 5.69. The molecule has 3 aliphatic rings. The zero-order chi connectivity index (χ0) is 13.2. The fourth-order valence-corrected chi connectivity index (χ4v) is 4.21. The van der Waals surface area contributed by atoms with Crippen LogP contribution in [0.4, 0.5) is 4.79 Å². The van der Waals surface area contributed by atoms with E-state index in [-0.39, 0.29) is 12.2 Å². The van der Waals surface area contributed by atoms with E-state index >= 15 is 0 Å². The van der Waals surface area contributed by atoms with Crippen molar-refractivity contribution >= 4 is 6.09 Å². The fraction of sp³-hybridized carbons (Fsp3) is 0.929. The van der Waals surface area contributed by atoms with Gasteiger partial charge >= 0.3 is 6.09 Å². The lowest BCUT2D eigenvalue weighted by Crippen LogP contribution is -2.69. The van der Waals surface area contributed by atoms with Gasteiger partial charge in [0.15, 0.2) is 0 Å². The van der Waals surface area contributed by atoms with E-state index in [1.165, 1.54) is 12.8 Å². The summed E-state index contributed by atoms with van der Waals surface area (Å²) in [6, 6.07) is 0. The molecule has 3 rings (SSSR count). The zero-order valence-electron chi connectivity index (χ0n) is 11.5. The molecule has 0 atom stereocenters. The van der Waals surface area contributed by atoms with E-state index in [1.807, 2.05) is 25.7 Å². The van der Waals surface area contributed by atoms with Crippen LogP contribution in [0.3, 0.4) is 0 Å². The molecule has 3 fully saturated rings. The minimum Gasteiger partial charge on any atom is -0.444 e. The Hall–Kier alpha value is -0.770. The van der Waals surface area contributed by atoms with Crippen LogP contribution in [0, 0.1) is 10.8 Å². The van der Waals surface area contributed by atoms with Gasteiger partial charge in [0.05, 0.1) is 6.10 Å². The van der Waals surface area contributed by atoms with Gasteiger partial charge in [-0.3, -0.25) is 0 Å². The van der Waals surface area contributed by atoms with Crippen LogP contribution in [0.25, 0.3) is 0 Å². The van der Waals surface area contributed by atoms with Crippen molar-refractivity contribution < 1.29 is 14.6 Å². The standard InChI is InChI=1S/C14H23NO3/c1-12(2,3)18-11(17)15-8-14(9-15)6-13(7-14)4-10(16)5-13/h10,16H,4-9H2,1-3H3. The first-order valence-corrected chi connectivity index (χ1v) is 6.87. The third kappa shape index (κ3) is 1.91. The predicted molar refractivity (Wildman–Crippen MR) is 67.1 cm³/mol. The number of likely N-dealkylation sites (tertiary alicyclic amines) is 1. The number of amides is 1. The summed E-state index contributed by atoms with van der Waals surface area (Å²) in [7, 11) is 0. The first-order valence-electron chi connectivity index (χ1n) is 6.87. The molecule has 0 aromatic carbocycles. The zero-order valence-corrected chi connectivity index (χ0v) is 11.5. The van der Waals surface area contributed by atoms with E-state index in [2.05, 4.69) is 0 Å². The minimum absolute atomic E-state index is 0.0654. The van der Waals surface area contributed by atoms with Crippen LogP contribution in [0.15, 0.2) is 0 Å². The van der Waals surface area contributed by atoms with Gasteiger partial charge in [0, 0.05) is 18.5 Å². The van der Waals surface area contributed by atoms with E-state index in [0.29, 0.717) is 10.8 Å². The van der Waals surface area contributed by atoms with Crippen molar-refractivity contribution in [2.24, 2.45) is 10.8 Å². The van der Waals surface area contributed by atoms with Gasteiger partial charge in [-0.1, -0.05) is 0 Å². The normalized spacial score (nSPS) is 28.6. The summed E-state index contributed by atoms with van der Waals surface area (Å²) in [6.45, 7) is 7.39. The van der Waals surface area contributed by atoms with Crippen molar-refractivity contribution in [3.05, 3.63) is 0 Å². The van der Waals surface area contributed by atoms with Crippen molar-refractivity contribution in [1.29, 1.82) is 0 Å². The van der Waals surface area contributed by atoms with E-state index in [4.69, 9.17) is 4.74 Å². The maximum atomic E-state index is 11.8. The third-order valence-corrected chi connectivity index (χ3v) is 4.54. The minimum atomic E-state index is -0.404.